The molecule has 0 heterocycles. The SMILES string of the molecule is COc1ccc2c(ccc3ccccc32)c1O. The van der Waals surface area contributed by atoms with Crippen molar-refractivity contribution >= 4 is 21.5 Å². The number of benzene rings is 3. The molecule has 2 heteroatoms. The van der Waals surface area contributed by atoms with Crippen molar-refractivity contribution in [1.29, 1.82) is 0 Å². The summed E-state index contributed by atoms with van der Waals surface area (Å²) in [5.41, 5.74) is 0. The van der Waals surface area contributed by atoms with E-state index in [1.165, 1.54) is 5.39 Å². The Labute approximate surface area is 99.1 Å². The van der Waals surface area contributed by atoms with Crippen LogP contribution in [0.4, 0.5) is 0 Å². The molecule has 0 spiro atoms. The zero-order valence-corrected chi connectivity index (χ0v) is 9.47. The Kier molecular flexibility index (Phi) is 2.15. The minimum atomic E-state index is 0.204. The van der Waals surface area contributed by atoms with Gasteiger partial charge < -0.3 is 9.84 Å². The van der Waals surface area contributed by atoms with Crippen molar-refractivity contribution in [3.8, 4) is 11.5 Å². The number of ether oxygens (including phenoxy) is 1. The highest BCUT2D eigenvalue weighted by molar-refractivity contribution is 6.09. The Hall–Kier alpha value is -2.22. The van der Waals surface area contributed by atoms with Gasteiger partial charge in [-0.05, 0) is 34.4 Å². The second-order valence-corrected chi connectivity index (χ2v) is 4.00. The van der Waals surface area contributed by atoms with Crippen molar-refractivity contribution in [1.82, 2.24) is 0 Å². The summed E-state index contributed by atoms with van der Waals surface area (Å²) in [5.74, 6) is 0.712. The van der Waals surface area contributed by atoms with E-state index in [-0.39, 0.29) is 5.75 Å². The first-order valence-electron chi connectivity index (χ1n) is 5.48. The zero-order chi connectivity index (χ0) is 11.8. The summed E-state index contributed by atoms with van der Waals surface area (Å²) in [6.07, 6.45) is 0. The van der Waals surface area contributed by atoms with Gasteiger partial charge in [-0.15, -0.1) is 0 Å². The maximum atomic E-state index is 10.1. The monoisotopic (exact) mass is 224 g/mol. The number of hydrogen-bond donors (Lipinski definition) is 1. The first kappa shape index (κ1) is 9.97. The molecule has 0 atom stereocenters. The minimum absolute atomic E-state index is 0.204. The van der Waals surface area contributed by atoms with E-state index in [2.05, 4.69) is 12.1 Å². The Balaban J connectivity index is 2.49. The average Bonchev–Trinajstić information content (AvgIpc) is 2.39. The zero-order valence-electron chi connectivity index (χ0n) is 9.47. The Bertz CT molecular complexity index is 702. The first-order chi connectivity index (χ1) is 8.31. The molecule has 0 radical (unpaired) electrons. The summed E-state index contributed by atoms with van der Waals surface area (Å²) >= 11 is 0. The number of phenols is 1. The van der Waals surface area contributed by atoms with Gasteiger partial charge in [0.05, 0.1) is 7.11 Å². The van der Waals surface area contributed by atoms with E-state index in [4.69, 9.17) is 4.74 Å². The molecule has 0 saturated carbocycles. The molecule has 0 aromatic heterocycles. The molecule has 0 aliphatic rings. The van der Waals surface area contributed by atoms with Crippen LogP contribution < -0.4 is 4.74 Å². The molecule has 2 nitrogen and oxygen atoms in total. The molecule has 3 aromatic rings. The van der Waals surface area contributed by atoms with Crippen LogP contribution in [0.2, 0.25) is 0 Å². The number of hydrogen-bond acceptors (Lipinski definition) is 2. The molecule has 0 amide bonds. The topological polar surface area (TPSA) is 29.5 Å². The van der Waals surface area contributed by atoms with Crippen LogP contribution in [0.15, 0.2) is 48.5 Å². The van der Waals surface area contributed by atoms with Crippen LogP contribution in [-0.2, 0) is 0 Å². The Morgan fingerprint density at radius 1 is 0.824 bits per heavy atom. The lowest BCUT2D eigenvalue weighted by molar-refractivity contribution is 0.376. The third-order valence-electron chi connectivity index (χ3n) is 3.08. The van der Waals surface area contributed by atoms with Crippen molar-refractivity contribution in [2.24, 2.45) is 0 Å². The predicted molar refractivity (Wildman–Crippen MR) is 69.7 cm³/mol. The molecule has 3 rings (SSSR count). The van der Waals surface area contributed by atoms with Crippen molar-refractivity contribution in [2.45, 2.75) is 0 Å². The van der Waals surface area contributed by atoms with Gasteiger partial charge in [-0.25, -0.2) is 0 Å². The summed E-state index contributed by atoms with van der Waals surface area (Å²) in [4.78, 5) is 0. The van der Waals surface area contributed by atoms with E-state index in [1.54, 1.807) is 13.2 Å². The summed E-state index contributed by atoms with van der Waals surface area (Å²) in [6.45, 7) is 0. The number of aromatic hydroxyl groups is 1. The van der Waals surface area contributed by atoms with Crippen LogP contribution in [0.3, 0.4) is 0 Å². The largest absolute Gasteiger partial charge is 0.504 e. The lowest BCUT2D eigenvalue weighted by atomic mass is 10.0. The van der Waals surface area contributed by atoms with Crippen LogP contribution in [0.5, 0.6) is 11.5 Å². The summed E-state index contributed by atoms with van der Waals surface area (Å²) in [7, 11) is 1.56. The fraction of sp³-hybridized carbons (Fsp3) is 0.0667. The summed E-state index contributed by atoms with van der Waals surface area (Å²) in [5, 5.41) is 14.3. The lowest BCUT2D eigenvalue weighted by Gasteiger charge is -2.08. The standard InChI is InChI=1S/C15H12O2/c1-17-14-9-8-12-11-5-3-2-4-10(11)6-7-13(12)15(14)16/h2-9,16H,1H3. The number of phenolic OH excluding ortho intramolecular Hbond substituents is 1. The third-order valence-corrected chi connectivity index (χ3v) is 3.08. The maximum absolute atomic E-state index is 10.1. The molecule has 84 valence electrons. The third kappa shape index (κ3) is 1.41. The highest BCUT2D eigenvalue weighted by Crippen LogP contribution is 2.37. The molecule has 0 aliphatic carbocycles. The molecule has 0 aliphatic heterocycles. The summed E-state index contributed by atoms with van der Waals surface area (Å²) in [6, 6.07) is 15.9. The van der Waals surface area contributed by atoms with Crippen molar-refractivity contribution in [3.05, 3.63) is 48.5 Å². The second kappa shape index (κ2) is 3.67. The Morgan fingerprint density at radius 3 is 2.41 bits per heavy atom. The van der Waals surface area contributed by atoms with Crippen LogP contribution in [0, 0.1) is 0 Å². The maximum Gasteiger partial charge on any atom is 0.165 e. The van der Waals surface area contributed by atoms with Gasteiger partial charge >= 0.3 is 0 Å². The fourth-order valence-electron chi connectivity index (χ4n) is 2.22. The molecule has 0 saturated heterocycles. The van der Waals surface area contributed by atoms with Gasteiger partial charge in [0.1, 0.15) is 0 Å². The van der Waals surface area contributed by atoms with E-state index in [0.29, 0.717) is 5.75 Å². The Morgan fingerprint density at radius 2 is 1.59 bits per heavy atom. The van der Waals surface area contributed by atoms with E-state index < -0.39 is 0 Å². The number of methoxy groups -OCH3 is 1. The van der Waals surface area contributed by atoms with Crippen LogP contribution in [0.1, 0.15) is 0 Å². The van der Waals surface area contributed by atoms with Gasteiger partial charge in [0.15, 0.2) is 11.5 Å². The first-order valence-corrected chi connectivity index (χ1v) is 5.48. The van der Waals surface area contributed by atoms with Gasteiger partial charge in [0, 0.05) is 5.39 Å². The molecule has 0 bridgehead atoms. The normalized spacial score (nSPS) is 10.9. The van der Waals surface area contributed by atoms with Crippen LogP contribution >= 0.6 is 0 Å². The molecular formula is C15H12O2. The molecule has 3 aromatic carbocycles. The highest BCUT2D eigenvalue weighted by atomic mass is 16.5. The van der Waals surface area contributed by atoms with E-state index in [1.807, 2.05) is 30.3 Å². The number of rotatable bonds is 1. The van der Waals surface area contributed by atoms with Crippen molar-refractivity contribution in [3.63, 3.8) is 0 Å². The van der Waals surface area contributed by atoms with Gasteiger partial charge in [-0.1, -0.05) is 30.3 Å². The van der Waals surface area contributed by atoms with E-state index in [0.717, 1.165) is 16.2 Å². The lowest BCUT2D eigenvalue weighted by Crippen LogP contribution is -1.85. The predicted octanol–water partition coefficient (Wildman–Crippen LogP) is 3.71. The van der Waals surface area contributed by atoms with Gasteiger partial charge in [0.25, 0.3) is 0 Å². The molecule has 1 N–H and O–H groups in total. The van der Waals surface area contributed by atoms with Crippen molar-refractivity contribution < 1.29 is 9.84 Å². The summed E-state index contributed by atoms with van der Waals surface area (Å²) < 4.78 is 5.12. The van der Waals surface area contributed by atoms with Crippen LogP contribution in [-0.4, -0.2) is 12.2 Å². The molecule has 17 heavy (non-hydrogen) atoms. The number of fused-ring (bicyclic) bond motifs is 3. The average molecular weight is 224 g/mol. The van der Waals surface area contributed by atoms with E-state index in [9.17, 15) is 5.11 Å². The quantitative estimate of drug-likeness (QED) is 0.638. The second-order valence-electron chi connectivity index (χ2n) is 4.00. The van der Waals surface area contributed by atoms with Crippen LogP contribution in [0.25, 0.3) is 21.5 Å². The van der Waals surface area contributed by atoms with Gasteiger partial charge in [-0.3, -0.25) is 0 Å². The highest BCUT2D eigenvalue weighted by Gasteiger charge is 2.08. The minimum Gasteiger partial charge on any atom is -0.504 e. The van der Waals surface area contributed by atoms with E-state index >= 15 is 0 Å². The smallest absolute Gasteiger partial charge is 0.165 e. The van der Waals surface area contributed by atoms with Gasteiger partial charge in [-0.2, -0.15) is 0 Å². The molecule has 0 fully saturated rings. The fourth-order valence-corrected chi connectivity index (χ4v) is 2.22. The van der Waals surface area contributed by atoms with Gasteiger partial charge in [0.2, 0.25) is 0 Å². The van der Waals surface area contributed by atoms with Crippen molar-refractivity contribution in [2.75, 3.05) is 7.11 Å². The molecule has 0 unspecified atom stereocenters. The molecular weight excluding hydrogens is 212 g/mol.